The number of benzene rings is 1. The molecule has 76 valence electrons. The summed E-state index contributed by atoms with van der Waals surface area (Å²) in [4.78, 5) is 11.3. The molecule has 0 fully saturated rings. The topological polar surface area (TPSA) is 35.5 Å². The number of carbonyl (C=O) groups is 1. The van der Waals surface area contributed by atoms with Crippen LogP contribution in [0.25, 0.3) is 0 Å². The highest BCUT2D eigenvalue weighted by Crippen LogP contribution is 2.27. The number of para-hydroxylation sites is 1. The minimum atomic E-state index is -0.536. The fourth-order valence-electron chi connectivity index (χ4n) is 1.39. The number of Topliss-reactive ketones (excluding diaryl/α,β-unsaturated/α-hetero) is 1. The quantitative estimate of drug-likeness (QED) is 0.735. The number of methoxy groups -OCH3 is 2. The van der Waals surface area contributed by atoms with Gasteiger partial charge in [-0.1, -0.05) is 18.2 Å². The Labute approximate surface area is 83.6 Å². The summed E-state index contributed by atoms with van der Waals surface area (Å²) in [5, 5.41) is 0. The summed E-state index contributed by atoms with van der Waals surface area (Å²) < 4.78 is 10.3. The average molecular weight is 194 g/mol. The van der Waals surface area contributed by atoms with Crippen molar-refractivity contribution < 1.29 is 14.3 Å². The lowest BCUT2D eigenvalue weighted by molar-refractivity contribution is -0.127. The third kappa shape index (κ3) is 2.12. The first-order valence-corrected chi connectivity index (χ1v) is 4.37. The number of carbonyl (C=O) groups excluding carboxylic acids is 1. The van der Waals surface area contributed by atoms with Crippen molar-refractivity contribution in [1.29, 1.82) is 0 Å². The zero-order valence-electron chi connectivity index (χ0n) is 8.61. The van der Waals surface area contributed by atoms with E-state index in [0.29, 0.717) is 5.75 Å². The maximum Gasteiger partial charge on any atom is 0.163 e. The summed E-state index contributed by atoms with van der Waals surface area (Å²) in [6.45, 7) is 1.50. The number of ether oxygens (including phenoxy) is 2. The minimum Gasteiger partial charge on any atom is -0.496 e. The van der Waals surface area contributed by atoms with E-state index < -0.39 is 6.10 Å². The molecule has 0 aromatic heterocycles. The van der Waals surface area contributed by atoms with Gasteiger partial charge in [-0.2, -0.15) is 0 Å². The normalized spacial score (nSPS) is 12.2. The van der Waals surface area contributed by atoms with Crippen LogP contribution in [0, 0.1) is 0 Å². The third-order valence-corrected chi connectivity index (χ3v) is 2.03. The Morgan fingerprint density at radius 1 is 1.29 bits per heavy atom. The smallest absolute Gasteiger partial charge is 0.163 e. The molecule has 1 aromatic rings. The molecule has 0 bridgehead atoms. The van der Waals surface area contributed by atoms with E-state index in [2.05, 4.69) is 0 Å². The highest BCUT2D eigenvalue weighted by Gasteiger charge is 2.19. The van der Waals surface area contributed by atoms with Gasteiger partial charge in [-0.05, 0) is 13.0 Å². The van der Waals surface area contributed by atoms with Gasteiger partial charge in [-0.25, -0.2) is 0 Å². The second kappa shape index (κ2) is 4.77. The molecule has 0 spiro atoms. The molecule has 1 atom stereocenters. The maximum atomic E-state index is 11.3. The Morgan fingerprint density at radius 3 is 2.43 bits per heavy atom. The molecule has 3 heteroatoms. The molecule has 0 saturated carbocycles. The molecular weight excluding hydrogens is 180 g/mol. The molecule has 0 aliphatic heterocycles. The molecular formula is C11H14O3. The van der Waals surface area contributed by atoms with Crippen molar-refractivity contribution in [3.8, 4) is 5.75 Å². The van der Waals surface area contributed by atoms with Crippen LogP contribution in [0.4, 0.5) is 0 Å². The van der Waals surface area contributed by atoms with Crippen molar-refractivity contribution >= 4 is 5.78 Å². The molecule has 0 radical (unpaired) electrons. The van der Waals surface area contributed by atoms with Gasteiger partial charge in [0, 0.05) is 12.7 Å². The number of rotatable bonds is 4. The first-order valence-electron chi connectivity index (χ1n) is 4.37. The lowest BCUT2D eigenvalue weighted by Crippen LogP contribution is -2.11. The van der Waals surface area contributed by atoms with Crippen LogP contribution in [-0.2, 0) is 9.53 Å². The molecule has 14 heavy (non-hydrogen) atoms. The molecule has 1 aromatic carbocycles. The van der Waals surface area contributed by atoms with E-state index in [1.807, 2.05) is 24.3 Å². The molecule has 0 aliphatic carbocycles. The maximum absolute atomic E-state index is 11.3. The van der Waals surface area contributed by atoms with Gasteiger partial charge in [-0.15, -0.1) is 0 Å². The summed E-state index contributed by atoms with van der Waals surface area (Å²) in [5.41, 5.74) is 0.769. The van der Waals surface area contributed by atoms with Gasteiger partial charge < -0.3 is 9.47 Å². The zero-order chi connectivity index (χ0) is 10.6. The predicted octanol–water partition coefficient (Wildman–Crippen LogP) is 1.97. The number of hydrogen-bond acceptors (Lipinski definition) is 3. The third-order valence-electron chi connectivity index (χ3n) is 2.03. The Bertz CT molecular complexity index is 320. The SMILES string of the molecule is COc1ccccc1C(OC)C(C)=O. The predicted molar refractivity (Wildman–Crippen MR) is 53.4 cm³/mol. The zero-order valence-corrected chi connectivity index (χ0v) is 8.61. The molecule has 3 nitrogen and oxygen atoms in total. The molecule has 0 saturated heterocycles. The summed E-state index contributed by atoms with van der Waals surface area (Å²) in [7, 11) is 3.09. The standard InChI is InChI=1S/C11H14O3/c1-8(12)11(14-3)9-6-4-5-7-10(9)13-2/h4-7,11H,1-3H3. The van der Waals surface area contributed by atoms with E-state index in [1.54, 1.807) is 7.11 Å². The van der Waals surface area contributed by atoms with Crippen molar-refractivity contribution in [3.05, 3.63) is 29.8 Å². The fraction of sp³-hybridized carbons (Fsp3) is 0.364. The van der Waals surface area contributed by atoms with Gasteiger partial charge in [-0.3, -0.25) is 4.79 Å². The van der Waals surface area contributed by atoms with Crippen molar-refractivity contribution in [2.45, 2.75) is 13.0 Å². The highest BCUT2D eigenvalue weighted by atomic mass is 16.5. The van der Waals surface area contributed by atoms with Gasteiger partial charge in [0.25, 0.3) is 0 Å². The lowest BCUT2D eigenvalue weighted by atomic mass is 10.1. The number of ketones is 1. The van der Waals surface area contributed by atoms with Crippen molar-refractivity contribution in [2.24, 2.45) is 0 Å². The summed E-state index contributed by atoms with van der Waals surface area (Å²) in [6, 6.07) is 7.35. The monoisotopic (exact) mass is 194 g/mol. The van der Waals surface area contributed by atoms with Crippen LogP contribution in [0.1, 0.15) is 18.6 Å². The largest absolute Gasteiger partial charge is 0.496 e. The number of hydrogen-bond donors (Lipinski definition) is 0. The Kier molecular flexibility index (Phi) is 3.65. The Balaban J connectivity index is 3.08. The molecule has 1 rings (SSSR count). The van der Waals surface area contributed by atoms with Crippen LogP contribution in [0.2, 0.25) is 0 Å². The molecule has 0 aliphatic rings. The van der Waals surface area contributed by atoms with E-state index >= 15 is 0 Å². The van der Waals surface area contributed by atoms with Crippen molar-refractivity contribution in [1.82, 2.24) is 0 Å². The van der Waals surface area contributed by atoms with Crippen molar-refractivity contribution in [3.63, 3.8) is 0 Å². The van der Waals surface area contributed by atoms with Gasteiger partial charge in [0.05, 0.1) is 7.11 Å². The first kappa shape index (κ1) is 10.7. The summed E-state index contributed by atoms with van der Waals surface area (Å²) >= 11 is 0. The minimum absolute atomic E-state index is 0.0306. The molecule has 0 N–H and O–H groups in total. The van der Waals surface area contributed by atoms with Gasteiger partial charge in [0.2, 0.25) is 0 Å². The van der Waals surface area contributed by atoms with Crippen LogP contribution >= 0.6 is 0 Å². The van der Waals surface area contributed by atoms with E-state index in [9.17, 15) is 4.79 Å². The van der Waals surface area contributed by atoms with Crippen LogP contribution in [-0.4, -0.2) is 20.0 Å². The van der Waals surface area contributed by atoms with Gasteiger partial charge in [0.1, 0.15) is 11.9 Å². The van der Waals surface area contributed by atoms with Crippen LogP contribution < -0.4 is 4.74 Å². The summed E-state index contributed by atoms with van der Waals surface area (Å²) in [5.74, 6) is 0.645. The first-order chi connectivity index (χ1) is 6.70. The van der Waals surface area contributed by atoms with E-state index in [-0.39, 0.29) is 5.78 Å². The van der Waals surface area contributed by atoms with E-state index in [0.717, 1.165) is 5.56 Å². The lowest BCUT2D eigenvalue weighted by Gasteiger charge is -2.15. The summed E-state index contributed by atoms with van der Waals surface area (Å²) in [6.07, 6.45) is -0.536. The van der Waals surface area contributed by atoms with E-state index in [1.165, 1.54) is 14.0 Å². The molecule has 0 amide bonds. The van der Waals surface area contributed by atoms with Gasteiger partial charge in [0.15, 0.2) is 5.78 Å². The second-order valence-electron chi connectivity index (χ2n) is 2.97. The second-order valence-corrected chi connectivity index (χ2v) is 2.97. The van der Waals surface area contributed by atoms with Crippen LogP contribution in [0.3, 0.4) is 0 Å². The van der Waals surface area contributed by atoms with E-state index in [4.69, 9.17) is 9.47 Å². The molecule has 0 heterocycles. The van der Waals surface area contributed by atoms with Crippen LogP contribution in [0.5, 0.6) is 5.75 Å². The van der Waals surface area contributed by atoms with Crippen molar-refractivity contribution in [2.75, 3.05) is 14.2 Å². The Hall–Kier alpha value is -1.35. The molecule has 1 unspecified atom stereocenters. The average Bonchev–Trinajstić information content (AvgIpc) is 2.19. The van der Waals surface area contributed by atoms with Crippen LogP contribution in [0.15, 0.2) is 24.3 Å². The fourth-order valence-corrected chi connectivity index (χ4v) is 1.39. The Morgan fingerprint density at radius 2 is 1.93 bits per heavy atom. The highest BCUT2D eigenvalue weighted by molar-refractivity contribution is 5.82. The van der Waals surface area contributed by atoms with Gasteiger partial charge >= 0.3 is 0 Å².